The molecule has 0 spiro atoms. The molecule has 0 aromatic heterocycles. The first-order valence-electron chi connectivity index (χ1n) is 5.51. The van der Waals surface area contributed by atoms with Gasteiger partial charge in [-0.15, -0.1) is 0 Å². The van der Waals surface area contributed by atoms with Gasteiger partial charge in [0.05, 0.1) is 17.6 Å². The number of hydrogen-bond acceptors (Lipinski definition) is 4. The summed E-state index contributed by atoms with van der Waals surface area (Å²) in [4.78, 5) is 23.5. The van der Waals surface area contributed by atoms with E-state index >= 15 is 0 Å². The molecule has 0 radical (unpaired) electrons. The van der Waals surface area contributed by atoms with E-state index in [1.165, 1.54) is 0 Å². The number of carbonyl (C=O) groups excluding carboxylic acids is 2. The summed E-state index contributed by atoms with van der Waals surface area (Å²) in [5.41, 5.74) is -0.955. The average Bonchev–Trinajstić information content (AvgIpc) is 2.50. The van der Waals surface area contributed by atoms with E-state index in [2.05, 4.69) is 10.0 Å². The Balaban J connectivity index is 2.17. The van der Waals surface area contributed by atoms with Crippen molar-refractivity contribution in [3.05, 3.63) is 24.3 Å². The highest BCUT2D eigenvalue weighted by atomic mass is 32.2. The molecule has 0 bridgehead atoms. The van der Waals surface area contributed by atoms with E-state index < -0.39 is 21.4 Å². The molecule has 98 valence electrons. The van der Waals surface area contributed by atoms with E-state index in [1.54, 1.807) is 24.3 Å². The van der Waals surface area contributed by atoms with Gasteiger partial charge in [0, 0.05) is 6.54 Å². The summed E-state index contributed by atoms with van der Waals surface area (Å²) in [6, 6.07) is 0. The molecule has 18 heavy (non-hydrogen) atoms. The first kappa shape index (κ1) is 13.0. The molecule has 1 fully saturated rings. The number of fused-ring (bicyclic) bond motifs is 1. The van der Waals surface area contributed by atoms with Gasteiger partial charge in [0.2, 0.25) is 21.8 Å². The van der Waals surface area contributed by atoms with Crippen LogP contribution in [0.1, 0.15) is 6.42 Å². The Hall–Kier alpha value is -1.47. The van der Waals surface area contributed by atoms with E-state index in [0.717, 1.165) is 6.26 Å². The van der Waals surface area contributed by atoms with Crippen LogP contribution in [0.15, 0.2) is 24.3 Å². The fourth-order valence-corrected chi connectivity index (χ4v) is 2.79. The van der Waals surface area contributed by atoms with E-state index in [0.29, 0.717) is 0 Å². The number of sulfonamides is 1. The number of hydrogen-bond donors (Lipinski definition) is 2. The number of rotatable bonds is 4. The fraction of sp³-hybridized carbons (Fsp3) is 0.455. The lowest BCUT2D eigenvalue weighted by atomic mass is 9.72. The Morgan fingerprint density at radius 1 is 1.39 bits per heavy atom. The second-order valence-electron chi connectivity index (χ2n) is 4.50. The van der Waals surface area contributed by atoms with Crippen LogP contribution < -0.4 is 10.0 Å². The van der Waals surface area contributed by atoms with Gasteiger partial charge >= 0.3 is 0 Å². The first-order chi connectivity index (χ1) is 8.35. The number of imide groups is 1. The van der Waals surface area contributed by atoms with Gasteiger partial charge in [-0.25, -0.2) is 13.1 Å². The number of nitrogens with one attached hydrogen (secondary N) is 2. The maximum absolute atomic E-state index is 11.9. The molecule has 0 aromatic rings. The Morgan fingerprint density at radius 3 is 2.78 bits per heavy atom. The lowest BCUT2D eigenvalue weighted by Gasteiger charge is -2.28. The largest absolute Gasteiger partial charge is 0.295 e. The molecule has 2 rings (SSSR count). The van der Waals surface area contributed by atoms with Crippen LogP contribution in [0.25, 0.3) is 0 Å². The van der Waals surface area contributed by atoms with Crippen molar-refractivity contribution in [1.29, 1.82) is 0 Å². The van der Waals surface area contributed by atoms with Crippen LogP contribution in [0.3, 0.4) is 0 Å². The van der Waals surface area contributed by atoms with Crippen molar-refractivity contribution in [3.63, 3.8) is 0 Å². The smallest absolute Gasteiger partial charge is 0.237 e. The molecule has 2 unspecified atom stereocenters. The molecule has 7 heteroatoms. The summed E-state index contributed by atoms with van der Waals surface area (Å²) < 4.78 is 24.3. The molecule has 1 heterocycles. The predicted molar refractivity (Wildman–Crippen MR) is 64.8 cm³/mol. The van der Waals surface area contributed by atoms with Crippen molar-refractivity contribution >= 4 is 21.8 Å². The van der Waals surface area contributed by atoms with E-state index in [4.69, 9.17) is 0 Å². The molecule has 0 aromatic carbocycles. The van der Waals surface area contributed by atoms with Crippen LogP contribution in [0, 0.1) is 11.3 Å². The summed E-state index contributed by atoms with van der Waals surface area (Å²) in [6.07, 6.45) is 8.06. The Bertz CT molecular complexity index is 549. The van der Waals surface area contributed by atoms with E-state index in [1.807, 2.05) is 0 Å². The summed E-state index contributed by atoms with van der Waals surface area (Å²) in [5, 5.41) is 2.29. The van der Waals surface area contributed by atoms with Crippen molar-refractivity contribution in [1.82, 2.24) is 10.0 Å². The Labute approximate surface area is 105 Å². The van der Waals surface area contributed by atoms with Gasteiger partial charge in [-0.3, -0.25) is 14.9 Å². The summed E-state index contributed by atoms with van der Waals surface area (Å²) in [6.45, 7) is 0.119. The van der Waals surface area contributed by atoms with Crippen molar-refractivity contribution < 1.29 is 18.0 Å². The molecule has 1 aliphatic heterocycles. The topological polar surface area (TPSA) is 92.3 Å². The van der Waals surface area contributed by atoms with Crippen molar-refractivity contribution in [3.8, 4) is 0 Å². The van der Waals surface area contributed by atoms with Gasteiger partial charge in [-0.2, -0.15) is 0 Å². The predicted octanol–water partition coefficient (Wildman–Crippen LogP) is -0.689. The van der Waals surface area contributed by atoms with E-state index in [9.17, 15) is 18.0 Å². The van der Waals surface area contributed by atoms with Gasteiger partial charge in [0.25, 0.3) is 0 Å². The lowest BCUT2D eigenvalue weighted by Crippen LogP contribution is -2.37. The van der Waals surface area contributed by atoms with Crippen molar-refractivity contribution in [2.24, 2.45) is 11.3 Å². The maximum atomic E-state index is 11.9. The van der Waals surface area contributed by atoms with Crippen LogP contribution in [0.4, 0.5) is 0 Å². The van der Waals surface area contributed by atoms with Gasteiger partial charge < -0.3 is 0 Å². The van der Waals surface area contributed by atoms with Crippen LogP contribution in [-0.4, -0.2) is 33.0 Å². The minimum absolute atomic E-state index is 0.119. The van der Waals surface area contributed by atoms with Crippen LogP contribution in [-0.2, 0) is 19.6 Å². The van der Waals surface area contributed by atoms with Crippen molar-refractivity contribution in [2.45, 2.75) is 6.42 Å². The minimum atomic E-state index is -3.30. The monoisotopic (exact) mass is 270 g/mol. The van der Waals surface area contributed by atoms with Crippen LogP contribution in [0.2, 0.25) is 0 Å². The third-order valence-electron chi connectivity index (χ3n) is 3.21. The minimum Gasteiger partial charge on any atom is -0.295 e. The highest BCUT2D eigenvalue weighted by Crippen LogP contribution is 2.41. The average molecular weight is 270 g/mol. The molecule has 2 aliphatic rings. The van der Waals surface area contributed by atoms with Gasteiger partial charge in [-0.05, 0) is 6.42 Å². The zero-order valence-corrected chi connectivity index (χ0v) is 10.7. The molecule has 2 atom stereocenters. The zero-order chi connectivity index (χ0) is 13.4. The highest BCUT2D eigenvalue weighted by molar-refractivity contribution is 7.88. The Kier molecular flexibility index (Phi) is 3.12. The molecule has 1 saturated heterocycles. The standard InChI is InChI=1S/C11H14N2O4S/c1-18(16,17)12-7-6-11-5-3-2-4-8(11)9(14)13-10(11)15/h2-5,8,12H,6-7H2,1H3,(H,13,14,15). The number of carbonyl (C=O) groups is 2. The highest BCUT2D eigenvalue weighted by Gasteiger charge is 2.52. The SMILES string of the molecule is CS(=O)(=O)NCCC12C=CC=CC1C(=O)NC2=O. The molecule has 2 N–H and O–H groups in total. The summed E-state index contributed by atoms with van der Waals surface area (Å²) in [5.74, 6) is -1.25. The maximum Gasteiger partial charge on any atom is 0.237 e. The normalized spacial score (nSPS) is 30.4. The van der Waals surface area contributed by atoms with Gasteiger partial charge in [0.15, 0.2) is 0 Å². The Morgan fingerprint density at radius 2 is 2.11 bits per heavy atom. The zero-order valence-electron chi connectivity index (χ0n) is 9.84. The van der Waals surface area contributed by atoms with Crippen LogP contribution in [0.5, 0.6) is 0 Å². The molecule has 2 amide bonds. The van der Waals surface area contributed by atoms with Crippen LogP contribution >= 0.6 is 0 Å². The van der Waals surface area contributed by atoms with Gasteiger partial charge in [-0.1, -0.05) is 24.3 Å². The molecule has 1 aliphatic carbocycles. The molecular formula is C11H14N2O4S. The molecular weight excluding hydrogens is 256 g/mol. The summed E-state index contributed by atoms with van der Waals surface area (Å²) >= 11 is 0. The molecule has 6 nitrogen and oxygen atoms in total. The quantitative estimate of drug-likeness (QED) is 0.661. The third-order valence-corrected chi connectivity index (χ3v) is 3.94. The van der Waals surface area contributed by atoms with E-state index in [-0.39, 0.29) is 24.8 Å². The lowest BCUT2D eigenvalue weighted by molar-refractivity contribution is -0.127. The number of allylic oxidation sites excluding steroid dienone is 2. The number of amides is 2. The van der Waals surface area contributed by atoms with Crippen molar-refractivity contribution in [2.75, 3.05) is 12.8 Å². The fourth-order valence-electron chi connectivity index (χ4n) is 2.32. The second kappa shape index (κ2) is 4.33. The molecule has 0 saturated carbocycles. The van der Waals surface area contributed by atoms with Gasteiger partial charge in [0.1, 0.15) is 0 Å². The first-order valence-corrected chi connectivity index (χ1v) is 7.40. The second-order valence-corrected chi connectivity index (χ2v) is 6.33. The summed E-state index contributed by atoms with van der Waals surface area (Å²) in [7, 11) is -3.30. The third kappa shape index (κ3) is 2.23.